The lowest BCUT2D eigenvalue weighted by Gasteiger charge is -2.03. The summed E-state index contributed by atoms with van der Waals surface area (Å²) in [5.74, 6) is -1.41. The van der Waals surface area contributed by atoms with Gasteiger partial charge in [-0.1, -0.05) is 18.2 Å². The Hall–Kier alpha value is -2.23. The van der Waals surface area contributed by atoms with E-state index in [0.717, 1.165) is 18.2 Å². The van der Waals surface area contributed by atoms with Crippen LogP contribution >= 0.6 is 0 Å². The smallest absolute Gasteiger partial charge is 0.255 e. The number of rotatable bonds is 2. The van der Waals surface area contributed by atoms with Gasteiger partial charge in [-0.15, -0.1) is 0 Å². The quantitative estimate of drug-likeness (QED) is 0.338. The van der Waals surface area contributed by atoms with Crippen LogP contribution in [0, 0.1) is 16.8 Å². The number of benzene rings is 2. The highest BCUT2D eigenvalue weighted by molar-refractivity contribution is 5.76. The van der Waals surface area contributed by atoms with Crippen molar-refractivity contribution >= 4 is 11.9 Å². The van der Waals surface area contributed by atoms with Crippen LogP contribution in [0.5, 0.6) is 0 Å². The Kier molecular flexibility index (Phi) is 3.14. The van der Waals surface area contributed by atoms with Gasteiger partial charge in [-0.3, -0.25) is 0 Å². The van der Waals surface area contributed by atoms with Crippen LogP contribution < -0.4 is 0 Å². The molecule has 0 unspecified atom stereocenters. The predicted molar refractivity (Wildman–Crippen MR) is 61.3 cm³/mol. The standard InChI is InChI=1S/C13H9F2NO/c14-11-6-7-12(15)13(8-11)16(17)9-10-4-2-1-3-5-10/h1-9H. The van der Waals surface area contributed by atoms with Crippen molar-refractivity contribution in [2.24, 2.45) is 0 Å². The van der Waals surface area contributed by atoms with Gasteiger partial charge in [-0.25, -0.2) is 4.39 Å². The molecule has 2 aromatic carbocycles. The molecule has 0 aliphatic heterocycles. The molecule has 0 saturated heterocycles. The summed E-state index contributed by atoms with van der Waals surface area (Å²) in [7, 11) is 0. The predicted octanol–water partition coefficient (Wildman–Crippen LogP) is 3.23. The number of hydrogen-bond donors (Lipinski definition) is 0. The molecule has 2 rings (SSSR count). The molecule has 17 heavy (non-hydrogen) atoms. The van der Waals surface area contributed by atoms with Crippen molar-refractivity contribution in [1.29, 1.82) is 0 Å². The summed E-state index contributed by atoms with van der Waals surface area (Å²) in [6.07, 6.45) is 1.19. The van der Waals surface area contributed by atoms with Crippen LogP contribution in [0.4, 0.5) is 14.5 Å². The van der Waals surface area contributed by atoms with Gasteiger partial charge in [0.25, 0.3) is 5.69 Å². The van der Waals surface area contributed by atoms with Crippen LogP contribution in [0.2, 0.25) is 0 Å². The van der Waals surface area contributed by atoms with Crippen LogP contribution in [0.15, 0.2) is 48.5 Å². The third kappa shape index (κ3) is 2.66. The molecule has 2 aromatic rings. The Labute approximate surface area is 97.0 Å². The fourth-order valence-corrected chi connectivity index (χ4v) is 1.40. The Morgan fingerprint density at radius 2 is 1.71 bits per heavy atom. The molecule has 0 spiro atoms. The van der Waals surface area contributed by atoms with Gasteiger partial charge in [-0.2, -0.15) is 9.13 Å². The fraction of sp³-hybridized carbons (Fsp3) is 0. The van der Waals surface area contributed by atoms with E-state index in [1.165, 1.54) is 6.21 Å². The van der Waals surface area contributed by atoms with Crippen molar-refractivity contribution in [2.45, 2.75) is 0 Å². The zero-order valence-corrected chi connectivity index (χ0v) is 8.81. The van der Waals surface area contributed by atoms with Crippen LogP contribution in [0.3, 0.4) is 0 Å². The first kappa shape index (κ1) is 11.3. The van der Waals surface area contributed by atoms with Gasteiger partial charge in [0.1, 0.15) is 5.82 Å². The molecule has 0 amide bonds. The van der Waals surface area contributed by atoms with Crippen LogP contribution in [0.1, 0.15) is 5.56 Å². The van der Waals surface area contributed by atoms with E-state index in [4.69, 9.17) is 0 Å². The maximum Gasteiger partial charge on any atom is 0.255 e. The maximum absolute atomic E-state index is 13.3. The molecular formula is C13H9F2NO. The topological polar surface area (TPSA) is 26.1 Å². The third-order valence-electron chi connectivity index (χ3n) is 2.21. The average molecular weight is 233 g/mol. The van der Waals surface area contributed by atoms with Crippen molar-refractivity contribution in [1.82, 2.24) is 0 Å². The first-order chi connectivity index (χ1) is 8.16. The lowest BCUT2D eigenvalue weighted by atomic mass is 10.2. The normalized spacial score (nSPS) is 11.5. The average Bonchev–Trinajstić information content (AvgIpc) is 2.33. The Morgan fingerprint density at radius 3 is 2.41 bits per heavy atom. The summed E-state index contributed by atoms with van der Waals surface area (Å²) >= 11 is 0. The first-order valence-corrected chi connectivity index (χ1v) is 4.98. The number of halogens is 2. The molecule has 0 atom stereocenters. The monoisotopic (exact) mass is 233 g/mol. The number of nitrogens with zero attached hydrogens (tertiary/aromatic N) is 1. The Bertz CT molecular complexity index is 553. The highest BCUT2D eigenvalue weighted by Crippen LogP contribution is 2.17. The highest BCUT2D eigenvalue weighted by Gasteiger charge is 2.11. The zero-order chi connectivity index (χ0) is 12.3. The Morgan fingerprint density at radius 1 is 1.00 bits per heavy atom. The molecule has 0 N–H and O–H groups in total. The van der Waals surface area contributed by atoms with Gasteiger partial charge in [0.05, 0.1) is 6.07 Å². The van der Waals surface area contributed by atoms with E-state index < -0.39 is 11.6 Å². The van der Waals surface area contributed by atoms with Crippen molar-refractivity contribution in [2.75, 3.05) is 0 Å². The molecule has 0 aliphatic carbocycles. The van der Waals surface area contributed by atoms with Gasteiger partial charge in [0, 0.05) is 5.56 Å². The van der Waals surface area contributed by atoms with E-state index in [1.54, 1.807) is 30.3 Å². The van der Waals surface area contributed by atoms with Crippen molar-refractivity contribution in [3.05, 3.63) is 70.9 Å². The van der Waals surface area contributed by atoms with Crippen molar-refractivity contribution in [3.8, 4) is 0 Å². The molecule has 4 heteroatoms. The highest BCUT2D eigenvalue weighted by atomic mass is 19.1. The summed E-state index contributed by atoms with van der Waals surface area (Å²) in [6, 6.07) is 11.5. The van der Waals surface area contributed by atoms with Gasteiger partial charge >= 0.3 is 0 Å². The Balaban J connectivity index is 2.40. The molecule has 0 saturated carbocycles. The SMILES string of the molecule is [O-][N+](=Cc1ccccc1)c1cc(F)ccc1F. The van der Waals surface area contributed by atoms with E-state index in [9.17, 15) is 14.0 Å². The second-order valence-electron chi connectivity index (χ2n) is 3.46. The molecule has 0 fully saturated rings. The fourth-order valence-electron chi connectivity index (χ4n) is 1.40. The summed E-state index contributed by atoms with van der Waals surface area (Å²) in [5, 5.41) is 11.6. The van der Waals surface area contributed by atoms with Crippen LogP contribution in [0.25, 0.3) is 0 Å². The summed E-state index contributed by atoms with van der Waals surface area (Å²) in [6.45, 7) is 0. The molecule has 0 heterocycles. The van der Waals surface area contributed by atoms with Crippen LogP contribution in [-0.2, 0) is 0 Å². The molecule has 0 aliphatic rings. The van der Waals surface area contributed by atoms with E-state index >= 15 is 0 Å². The lowest BCUT2D eigenvalue weighted by Crippen LogP contribution is -2.01. The molecular weight excluding hydrogens is 224 g/mol. The van der Waals surface area contributed by atoms with Gasteiger partial charge < -0.3 is 5.21 Å². The van der Waals surface area contributed by atoms with Crippen LogP contribution in [-0.4, -0.2) is 11.0 Å². The zero-order valence-electron chi connectivity index (χ0n) is 8.81. The van der Waals surface area contributed by atoms with E-state index in [0.29, 0.717) is 10.3 Å². The molecule has 0 bridgehead atoms. The van der Waals surface area contributed by atoms with E-state index in [-0.39, 0.29) is 5.69 Å². The summed E-state index contributed by atoms with van der Waals surface area (Å²) < 4.78 is 26.5. The summed E-state index contributed by atoms with van der Waals surface area (Å²) in [4.78, 5) is 0. The van der Waals surface area contributed by atoms with Crippen molar-refractivity contribution in [3.63, 3.8) is 0 Å². The minimum Gasteiger partial charge on any atom is -0.618 e. The maximum atomic E-state index is 13.3. The van der Waals surface area contributed by atoms with Gasteiger partial charge in [0.2, 0.25) is 0 Å². The second-order valence-corrected chi connectivity index (χ2v) is 3.46. The third-order valence-corrected chi connectivity index (χ3v) is 2.21. The van der Waals surface area contributed by atoms with Gasteiger partial charge in [0.15, 0.2) is 12.0 Å². The van der Waals surface area contributed by atoms with Crippen molar-refractivity contribution < 1.29 is 13.5 Å². The molecule has 0 aromatic heterocycles. The first-order valence-electron chi connectivity index (χ1n) is 4.98. The minimum atomic E-state index is -0.756. The minimum absolute atomic E-state index is 0.313. The molecule has 2 nitrogen and oxygen atoms in total. The second kappa shape index (κ2) is 4.74. The van der Waals surface area contributed by atoms with E-state index in [1.807, 2.05) is 0 Å². The van der Waals surface area contributed by atoms with E-state index in [2.05, 4.69) is 0 Å². The summed E-state index contributed by atoms with van der Waals surface area (Å²) in [5.41, 5.74) is 0.278. The number of hydrogen-bond acceptors (Lipinski definition) is 1. The molecule has 0 radical (unpaired) electrons. The molecule has 86 valence electrons. The largest absolute Gasteiger partial charge is 0.618 e. The van der Waals surface area contributed by atoms with Gasteiger partial charge in [-0.05, 0) is 24.3 Å². The lowest BCUT2D eigenvalue weighted by molar-refractivity contribution is -0.357.